The number of urea groups is 1. The molecule has 0 aromatic carbocycles. The van der Waals surface area contributed by atoms with Crippen LogP contribution in [0.4, 0.5) is 9.93 Å². The molecule has 3 heterocycles. The quantitative estimate of drug-likeness (QED) is 0.864. The van der Waals surface area contributed by atoms with Crippen molar-refractivity contribution in [3.05, 3.63) is 5.01 Å². The molecule has 0 unspecified atom stereocenters. The summed E-state index contributed by atoms with van der Waals surface area (Å²) in [5.74, 6) is 0. The number of nitrogens with zero attached hydrogens (tertiary/aromatic N) is 3. The van der Waals surface area contributed by atoms with Crippen LogP contribution in [0.2, 0.25) is 0 Å². The highest BCUT2D eigenvalue weighted by Crippen LogP contribution is 2.22. The van der Waals surface area contributed by atoms with E-state index in [0.717, 1.165) is 24.7 Å². The van der Waals surface area contributed by atoms with Gasteiger partial charge in [0, 0.05) is 19.1 Å². The minimum absolute atomic E-state index is 0.0752. The Morgan fingerprint density at radius 1 is 1.55 bits per heavy atom. The minimum Gasteiger partial charge on any atom is -0.373 e. The van der Waals surface area contributed by atoms with Crippen LogP contribution >= 0.6 is 11.3 Å². The monoisotopic (exact) mass is 297 g/mol. The predicted octanol–water partition coefficient (Wildman–Crippen LogP) is 0.831. The lowest BCUT2D eigenvalue weighted by Crippen LogP contribution is -2.50. The smallest absolute Gasteiger partial charge is 0.321 e. The van der Waals surface area contributed by atoms with E-state index in [2.05, 4.69) is 25.7 Å². The van der Waals surface area contributed by atoms with Gasteiger partial charge in [0.05, 0.1) is 12.7 Å². The summed E-state index contributed by atoms with van der Waals surface area (Å²) in [5.41, 5.74) is 0. The van der Waals surface area contributed by atoms with Crippen LogP contribution in [-0.4, -0.2) is 59.5 Å². The number of amides is 2. The van der Waals surface area contributed by atoms with Gasteiger partial charge in [0.2, 0.25) is 5.13 Å². The number of aryl methyl sites for hydroxylation is 1. The van der Waals surface area contributed by atoms with E-state index in [9.17, 15) is 4.79 Å². The summed E-state index contributed by atoms with van der Waals surface area (Å²) in [5, 5.41) is 14.6. The van der Waals surface area contributed by atoms with Crippen LogP contribution in [0.3, 0.4) is 0 Å². The molecule has 0 saturated carbocycles. The first-order chi connectivity index (χ1) is 9.70. The minimum atomic E-state index is -0.256. The first-order valence-electron chi connectivity index (χ1n) is 6.91. The third-order valence-corrected chi connectivity index (χ3v) is 4.45. The van der Waals surface area contributed by atoms with E-state index in [4.69, 9.17) is 4.74 Å². The molecule has 0 bridgehead atoms. The molecule has 0 spiro atoms. The van der Waals surface area contributed by atoms with Gasteiger partial charge >= 0.3 is 6.03 Å². The molecule has 2 N–H and O–H groups in total. The van der Waals surface area contributed by atoms with Gasteiger partial charge in [-0.3, -0.25) is 10.2 Å². The number of ether oxygens (including phenoxy) is 1. The Balaban J connectivity index is 1.41. The summed E-state index contributed by atoms with van der Waals surface area (Å²) in [4.78, 5) is 14.2. The number of morpholine rings is 1. The van der Waals surface area contributed by atoms with Gasteiger partial charge in [0.15, 0.2) is 0 Å². The first-order valence-corrected chi connectivity index (χ1v) is 7.73. The molecule has 2 fully saturated rings. The molecule has 3 rings (SSSR count). The fraction of sp³-hybridized carbons (Fsp3) is 0.750. The van der Waals surface area contributed by atoms with Crippen molar-refractivity contribution >= 4 is 22.5 Å². The van der Waals surface area contributed by atoms with Crippen LogP contribution in [0, 0.1) is 6.92 Å². The third-order valence-electron chi connectivity index (χ3n) is 3.70. The second kappa shape index (κ2) is 6.02. The lowest BCUT2D eigenvalue weighted by Gasteiger charge is -2.35. The van der Waals surface area contributed by atoms with Gasteiger partial charge in [0.25, 0.3) is 0 Å². The number of nitrogens with one attached hydrogen (secondary N) is 2. The van der Waals surface area contributed by atoms with Crippen LogP contribution in [0.1, 0.15) is 17.8 Å². The SMILES string of the molecule is Cc1nnc(NC(=O)NC[C@@H]2CN3CCC[C@@H]3CO2)s1. The topological polar surface area (TPSA) is 79.4 Å². The molecule has 1 aromatic heterocycles. The summed E-state index contributed by atoms with van der Waals surface area (Å²) in [7, 11) is 0. The zero-order chi connectivity index (χ0) is 13.9. The van der Waals surface area contributed by atoms with E-state index in [-0.39, 0.29) is 12.1 Å². The molecule has 20 heavy (non-hydrogen) atoms. The second-order valence-corrected chi connectivity index (χ2v) is 6.39. The van der Waals surface area contributed by atoms with Gasteiger partial charge in [-0.2, -0.15) is 0 Å². The Hall–Kier alpha value is -1.25. The molecule has 0 aliphatic carbocycles. The third kappa shape index (κ3) is 3.25. The standard InChI is InChI=1S/C12H19N5O2S/c1-8-15-16-12(20-8)14-11(18)13-5-10-6-17-4-2-3-9(17)7-19-10/h9-10H,2-7H2,1H3,(H2,13,14,16,18)/t9-,10-/m1/s1. The fourth-order valence-corrected chi connectivity index (χ4v) is 3.29. The maximum Gasteiger partial charge on any atom is 0.321 e. The largest absolute Gasteiger partial charge is 0.373 e. The molecular formula is C12H19N5O2S. The fourth-order valence-electron chi connectivity index (χ4n) is 2.70. The first kappa shape index (κ1) is 13.7. The van der Waals surface area contributed by atoms with Crippen LogP contribution in [0.5, 0.6) is 0 Å². The number of hydrogen-bond acceptors (Lipinski definition) is 6. The van der Waals surface area contributed by atoms with Crippen molar-refractivity contribution in [3.8, 4) is 0 Å². The maximum absolute atomic E-state index is 11.7. The molecule has 110 valence electrons. The van der Waals surface area contributed by atoms with Crippen LogP contribution in [-0.2, 0) is 4.74 Å². The Labute approximate surface area is 121 Å². The number of rotatable bonds is 3. The highest BCUT2D eigenvalue weighted by molar-refractivity contribution is 7.15. The second-order valence-electron chi connectivity index (χ2n) is 5.21. The number of hydrogen-bond donors (Lipinski definition) is 2. The number of aromatic nitrogens is 2. The highest BCUT2D eigenvalue weighted by Gasteiger charge is 2.32. The Kier molecular flexibility index (Phi) is 4.13. The van der Waals surface area contributed by atoms with Crippen molar-refractivity contribution in [2.24, 2.45) is 0 Å². The molecule has 0 radical (unpaired) electrons. The van der Waals surface area contributed by atoms with Gasteiger partial charge in [0.1, 0.15) is 5.01 Å². The predicted molar refractivity (Wildman–Crippen MR) is 76.0 cm³/mol. The average molecular weight is 297 g/mol. The van der Waals surface area contributed by atoms with Crippen LogP contribution < -0.4 is 10.6 Å². The van der Waals surface area contributed by atoms with Crippen molar-refractivity contribution in [2.75, 3.05) is 31.6 Å². The van der Waals surface area contributed by atoms with E-state index in [1.165, 1.54) is 24.2 Å². The van der Waals surface area contributed by atoms with Gasteiger partial charge in [-0.1, -0.05) is 11.3 Å². The van der Waals surface area contributed by atoms with Crippen molar-refractivity contribution in [1.29, 1.82) is 0 Å². The molecule has 1 aromatic rings. The number of carbonyl (C=O) groups is 1. The van der Waals surface area contributed by atoms with Crippen molar-refractivity contribution in [2.45, 2.75) is 31.9 Å². The Morgan fingerprint density at radius 2 is 2.45 bits per heavy atom. The van der Waals surface area contributed by atoms with Crippen molar-refractivity contribution in [1.82, 2.24) is 20.4 Å². The molecule has 2 aliphatic heterocycles. The Morgan fingerprint density at radius 3 is 3.25 bits per heavy atom. The molecule has 2 saturated heterocycles. The zero-order valence-corrected chi connectivity index (χ0v) is 12.3. The summed E-state index contributed by atoms with van der Waals surface area (Å²) >= 11 is 1.36. The number of fused-ring (bicyclic) bond motifs is 1. The van der Waals surface area contributed by atoms with E-state index >= 15 is 0 Å². The number of anilines is 1. The maximum atomic E-state index is 11.7. The van der Waals surface area contributed by atoms with Gasteiger partial charge in [-0.15, -0.1) is 10.2 Å². The van der Waals surface area contributed by atoms with E-state index in [1.807, 2.05) is 6.92 Å². The van der Waals surface area contributed by atoms with E-state index in [0.29, 0.717) is 17.7 Å². The van der Waals surface area contributed by atoms with Gasteiger partial charge < -0.3 is 10.1 Å². The molecular weight excluding hydrogens is 278 g/mol. The summed E-state index contributed by atoms with van der Waals surface area (Å²) in [6, 6.07) is 0.331. The molecule has 2 amide bonds. The summed E-state index contributed by atoms with van der Waals surface area (Å²) < 4.78 is 5.79. The average Bonchev–Trinajstić information content (AvgIpc) is 3.04. The summed E-state index contributed by atoms with van der Waals surface area (Å²) in [6.07, 6.45) is 2.56. The van der Waals surface area contributed by atoms with Gasteiger partial charge in [-0.05, 0) is 26.3 Å². The zero-order valence-electron chi connectivity index (χ0n) is 11.5. The van der Waals surface area contributed by atoms with E-state index in [1.54, 1.807) is 0 Å². The van der Waals surface area contributed by atoms with Crippen LogP contribution in [0.15, 0.2) is 0 Å². The molecule has 7 nitrogen and oxygen atoms in total. The van der Waals surface area contributed by atoms with Gasteiger partial charge in [-0.25, -0.2) is 4.79 Å². The molecule has 8 heteroatoms. The molecule has 2 aliphatic rings. The summed E-state index contributed by atoms with van der Waals surface area (Å²) in [6.45, 7) is 5.21. The van der Waals surface area contributed by atoms with Crippen molar-refractivity contribution < 1.29 is 9.53 Å². The normalized spacial score (nSPS) is 26.2. The lowest BCUT2D eigenvalue weighted by atomic mass is 10.2. The number of carbonyl (C=O) groups excluding carboxylic acids is 1. The van der Waals surface area contributed by atoms with Crippen LogP contribution in [0.25, 0.3) is 0 Å². The van der Waals surface area contributed by atoms with E-state index < -0.39 is 0 Å². The Bertz CT molecular complexity index is 480. The molecule has 2 atom stereocenters. The lowest BCUT2D eigenvalue weighted by molar-refractivity contribution is -0.0456. The van der Waals surface area contributed by atoms with Crippen molar-refractivity contribution in [3.63, 3.8) is 0 Å². The highest BCUT2D eigenvalue weighted by atomic mass is 32.1.